The summed E-state index contributed by atoms with van der Waals surface area (Å²) < 4.78 is 5.41. The molecule has 0 radical (unpaired) electrons. The van der Waals surface area contributed by atoms with Gasteiger partial charge >= 0.3 is 0 Å². The van der Waals surface area contributed by atoms with E-state index in [1.54, 1.807) is 26.0 Å². The van der Waals surface area contributed by atoms with Crippen molar-refractivity contribution in [2.24, 2.45) is 5.73 Å². The summed E-state index contributed by atoms with van der Waals surface area (Å²) in [6, 6.07) is 5.37. The third kappa shape index (κ3) is 4.00. The van der Waals surface area contributed by atoms with Gasteiger partial charge in [-0.15, -0.1) is 0 Å². The molecule has 1 rings (SSSR count). The maximum Gasteiger partial charge on any atom is 0.138 e. The SMILES string of the molecule is C[C@H](N)c1ccc(OCC(C)(C)O)c(Cl)c1. The lowest BCUT2D eigenvalue weighted by molar-refractivity contribution is 0.0285. The van der Waals surface area contributed by atoms with Crippen molar-refractivity contribution < 1.29 is 9.84 Å². The van der Waals surface area contributed by atoms with Crippen molar-refractivity contribution in [1.82, 2.24) is 0 Å². The summed E-state index contributed by atoms with van der Waals surface area (Å²) >= 11 is 6.04. The number of rotatable bonds is 4. The van der Waals surface area contributed by atoms with E-state index in [1.807, 2.05) is 13.0 Å². The molecule has 16 heavy (non-hydrogen) atoms. The average molecular weight is 244 g/mol. The largest absolute Gasteiger partial charge is 0.489 e. The van der Waals surface area contributed by atoms with Crippen LogP contribution in [0.2, 0.25) is 5.02 Å². The number of benzene rings is 1. The highest BCUT2D eigenvalue weighted by Gasteiger charge is 2.14. The van der Waals surface area contributed by atoms with Gasteiger partial charge in [-0.2, -0.15) is 0 Å². The van der Waals surface area contributed by atoms with Gasteiger partial charge in [-0.25, -0.2) is 0 Å². The van der Waals surface area contributed by atoms with Crippen molar-refractivity contribution in [2.75, 3.05) is 6.61 Å². The second kappa shape index (κ2) is 5.04. The number of hydrogen-bond acceptors (Lipinski definition) is 3. The standard InChI is InChI=1S/C12H18ClNO2/c1-8(14)9-4-5-11(10(13)6-9)16-7-12(2,3)15/h4-6,8,15H,7,14H2,1-3H3/t8-/m0/s1. The quantitative estimate of drug-likeness (QED) is 0.855. The maximum absolute atomic E-state index is 9.52. The minimum atomic E-state index is -0.872. The number of ether oxygens (including phenoxy) is 1. The van der Waals surface area contributed by atoms with Crippen LogP contribution in [0.3, 0.4) is 0 Å². The molecule has 0 aromatic heterocycles. The lowest BCUT2D eigenvalue weighted by Crippen LogP contribution is -2.27. The van der Waals surface area contributed by atoms with Crippen LogP contribution in [-0.4, -0.2) is 17.3 Å². The summed E-state index contributed by atoms with van der Waals surface area (Å²) in [6.07, 6.45) is 0. The van der Waals surface area contributed by atoms with Gasteiger partial charge in [0.25, 0.3) is 0 Å². The third-order valence-corrected chi connectivity index (χ3v) is 2.36. The van der Waals surface area contributed by atoms with E-state index < -0.39 is 5.60 Å². The van der Waals surface area contributed by atoms with E-state index in [0.29, 0.717) is 10.8 Å². The first kappa shape index (κ1) is 13.3. The topological polar surface area (TPSA) is 55.5 Å². The van der Waals surface area contributed by atoms with E-state index in [4.69, 9.17) is 22.1 Å². The second-order valence-electron chi connectivity index (χ2n) is 4.58. The summed E-state index contributed by atoms with van der Waals surface area (Å²) in [5, 5.41) is 10.0. The molecule has 1 atom stereocenters. The molecule has 0 aliphatic carbocycles. The average Bonchev–Trinajstić information content (AvgIpc) is 2.14. The van der Waals surface area contributed by atoms with Gasteiger partial charge in [0.05, 0.1) is 10.6 Å². The molecule has 1 aromatic carbocycles. The van der Waals surface area contributed by atoms with Gasteiger partial charge in [0.15, 0.2) is 0 Å². The molecule has 0 saturated carbocycles. The fourth-order valence-electron chi connectivity index (χ4n) is 1.17. The highest BCUT2D eigenvalue weighted by atomic mass is 35.5. The Morgan fingerprint density at radius 3 is 2.56 bits per heavy atom. The molecule has 0 amide bonds. The summed E-state index contributed by atoms with van der Waals surface area (Å²) in [7, 11) is 0. The summed E-state index contributed by atoms with van der Waals surface area (Å²) in [4.78, 5) is 0. The molecule has 90 valence electrons. The van der Waals surface area contributed by atoms with Crippen LogP contribution in [0, 0.1) is 0 Å². The summed E-state index contributed by atoms with van der Waals surface area (Å²) in [5.41, 5.74) is 5.82. The lowest BCUT2D eigenvalue weighted by atomic mass is 10.1. The zero-order valence-electron chi connectivity index (χ0n) is 9.83. The zero-order chi connectivity index (χ0) is 12.3. The minimum absolute atomic E-state index is 0.0548. The molecular weight excluding hydrogens is 226 g/mol. The second-order valence-corrected chi connectivity index (χ2v) is 4.99. The van der Waals surface area contributed by atoms with Crippen molar-refractivity contribution in [1.29, 1.82) is 0 Å². The van der Waals surface area contributed by atoms with E-state index in [9.17, 15) is 5.11 Å². The highest BCUT2D eigenvalue weighted by Crippen LogP contribution is 2.27. The van der Waals surface area contributed by atoms with Crippen LogP contribution in [0.4, 0.5) is 0 Å². The van der Waals surface area contributed by atoms with Crippen molar-refractivity contribution in [3.05, 3.63) is 28.8 Å². The van der Waals surface area contributed by atoms with Gasteiger partial charge in [-0.3, -0.25) is 0 Å². The fraction of sp³-hybridized carbons (Fsp3) is 0.500. The van der Waals surface area contributed by atoms with Crippen molar-refractivity contribution in [3.63, 3.8) is 0 Å². The van der Waals surface area contributed by atoms with E-state index in [1.165, 1.54) is 0 Å². The Hall–Kier alpha value is -0.770. The van der Waals surface area contributed by atoms with Gasteiger partial charge in [0.2, 0.25) is 0 Å². The number of hydrogen-bond donors (Lipinski definition) is 2. The minimum Gasteiger partial charge on any atom is -0.489 e. The molecule has 3 nitrogen and oxygen atoms in total. The van der Waals surface area contributed by atoms with Crippen LogP contribution in [-0.2, 0) is 0 Å². The van der Waals surface area contributed by atoms with Crippen LogP contribution < -0.4 is 10.5 Å². The Balaban J connectivity index is 2.76. The van der Waals surface area contributed by atoms with E-state index >= 15 is 0 Å². The molecular formula is C12H18ClNO2. The van der Waals surface area contributed by atoms with E-state index in [0.717, 1.165) is 5.56 Å². The molecule has 4 heteroatoms. The van der Waals surface area contributed by atoms with Gasteiger partial charge < -0.3 is 15.6 Å². The monoisotopic (exact) mass is 243 g/mol. The first-order valence-electron chi connectivity index (χ1n) is 5.20. The molecule has 0 saturated heterocycles. The molecule has 3 N–H and O–H groups in total. The van der Waals surface area contributed by atoms with E-state index in [-0.39, 0.29) is 12.6 Å². The van der Waals surface area contributed by atoms with Crippen LogP contribution in [0.1, 0.15) is 32.4 Å². The molecule has 0 unspecified atom stereocenters. The predicted molar refractivity (Wildman–Crippen MR) is 65.8 cm³/mol. The van der Waals surface area contributed by atoms with Crippen LogP contribution in [0.15, 0.2) is 18.2 Å². The maximum atomic E-state index is 9.52. The fourth-order valence-corrected chi connectivity index (χ4v) is 1.42. The smallest absolute Gasteiger partial charge is 0.138 e. The van der Waals surface area contributed by atoms with Crippen molar-refractivity contribution >= 4 is 11.6 Å². The molecule has 0 aliphatic heterocycles. The van der Waals surface area contributed by atoms with Crippen LogP contribution >= 0.6 is 11.6 Å². The Morgan fingerprint density at radius 1 is 1.50 bits per heavy atom. The van der Waals surface area contributed by atoms with E-state index in [2.05, 4.69) is 0 Å². The van der Waals surface area contributed by atoms with Gasteiger partial charge in [-0.05, 0) is 38.5 Å². The Kier molecular flexibility index (Phi) is 4.19. The molecule has 0 heterocycles. The summed E-state index contributed by atoms with van der Waals surface area (Å²) in [5.74, 6) is 0.563. The predicted octanol–water partition coefficient (Wildman–Crippen LogP) is 2.51. The van der Waals surface area contributed by atoms with Crippen LogP contribution in [0.5, 0.6) is 5.75 Å². The Morgan fingerprint density at radius 2 is 2.12 bits per heavy atom. The molecule has 1 aromatic rings. The van der Waals surface area contributed by atoms with Gasteiger partial charge in [-0.1, -0.05) is 17.7 Å². The van der Waals surface area contributed by atoms with Crippen molar-refractivity contribution in [3.8, 4) is 5.75 Å². The van der Waals surface area contributed by atoms with Gasteiger partial charge in [0.1, 0.15) is 12.4 Å². The lowest BCUT2D eigenvalue weighted by Gasteiger charge is -2.18. The van der Waals surface area contributed by atoms with Gasteiger partial charge in [0, 0.05) is 6.04 Å². The van der Waals surface area contributed by atoms with Crippen molar-refractivity contribution in [2.45, 2.75) is 32.4 Å². The van der Waals surface area contributed by atoms with Crippen LogP contribution in [0.25, 0.3) is 0 Å². The third-order valence-electron chi connectivity index (χ3n) is 2.06. The first-order valence-corrected chi connectivity index (χ1v) is 5.57. The Bertz CT molecular complexity index is 359. The number of halogens is 1. The zero-order valence-corrected chi connectivity index (χ0v) is 10.6. The molecule has 0 bridgehead atoms. The molecule has 0 aliphatic rings. The molecule has 0 spiro atoms. The number of aliphatic hydroxyl groups is 1. The first-order chi connectivity index (χ1) is 7.29. The number of nitrogens with two attached hydrogens (primary N) is 1. The summed E-state index contributed by atoms with van der Waals surface area (Å²) in [6.45, 7) is 5.45. The highest BCUT2D eigenvalue weighted by molar-refractivity contribution is 6.32. The molecule has 0 fully saturated rings. The normalized spacial score (nSPS) is 13.6. The Labute approximate surface area is 101 Å².